The molecule has 0 atom stereocenters. The Morgan fingerprint density at radius 3 is 1.85 bits per heavy atom. The molecule has 4 aromatic heterocycles. The first-order valence-corrected chi connectivity index (χ1v) is 18.5. The molecule has 4 heterocycles. The average molecular weight is 704 g/mol. The van der Waals surface area contributed by atoms with Gasteiger partial charge in [-0.05, 0) is 65.2 Å². The van der Waals surface area contributed by atoms with Crippen molar-refractivity contribution in [3.05, 3.63) is 176 Å². The van der Waals surface area contributed by atoms with E-state index in [9.17, 15) is 0 Å². The monoisotopic (exact) mass is 703 g/mol. The molecule has 5 heteroatoms. The van der Waals surface area contributed by atoms with Crippen LogP contribution in [0.3, 0.4) is 0 Å². The standard InChI is InChI=1S/C50H29N3O2/c1-2-12-30(13-3-1)31-14-10-15-33(28-31)47-39-18-4-7-21-41(39)51-50(52-47)53-42-26-24-32(34-19-11-20-37-35-16-5-8-22-44(35)54-48(34)37)29-40(42)46-43(53)27-25-38-36-17-6-9-23-45(36)55-49(38)46/h1-29H. The van der Waals surface area contributed by atoms with Gasteiger partial charge in [0.05, 0.1) is 27.6 Å². The molecule has 0 aliphatic heterocycles. The van der Waals surface area contributed by atoms with Crippen molar-refractivity contribution in [1.82, 2.24) is 14.5 Å². The van der Waals surface area contributed by atoms with Crippen molar-refractivity contribution in [3.8, 4) is 39.5 Å². The molecule has 5 nitrogen and oxygen atoms in total. The second-order valence-corrected chi connectivity index (χ2v) is 14.1. The Hall–Kier alpha value is -7.50. The molecule has 0 radical (unpaired) electrons. The number of benzene rings is 8. The van der Waals surface area contributed by atoms with E-state index >= 15 is 0 Å². The highest BCUT2D eigenvalue weighted by atomic mass is 16.3. The number of hydrogen-bond acceptors (Lipinski definition) is 4. The number of para-hydroxylation sites is 4. The number of furan rings is 2. The molecule has 0 unspecified atom stereocenters. The molecule has 0 saturated carbocycles. The van der Waals surface area contributed by atoms with E-state index in [-0.39, 0.29) is 0 Å². The summed E-state index contributed by atoms with van der Waals surface area (Å²) in [6, 6.07) is 61.2. The van der Waals surface area contributed by atoms with E-state index in [2.05, 4.69) is 144 Å². The maximum absolute atomic E-state index is 6.72. The van der Waals surface area contributed by atoms with Gasteiger partial charge in [0, 0.05) is 43.4 Å². The first-order valence-electron chi connectivity index (χ1n) is 18.5. The number of aromatic nitrogens is 3. The number of nitrogens with zero attached hydrogens (tertiary/aromatic N) is 3. The van der Waals surface area contributed by atoms with Crippen LogP contribution in [0.2, 0.25) is 0 Å². The van der Waals surface area contributed by atoms with Gasteiger partial charge in [-0.25, -0.2) is 9.97 Å². The van der Waals surface area contributed by atoms with Crippen LogP contribution in [0.1, 0.15) is 0 Å². The summed E-state index contributed by atoms with van der Waals surface area (Å²) in [7, 11) is 0. The quantitative estimate of drug-likeness (QED) is 0.183. The number of hydrogen-bond donors (Lipinski definition) is 0. The Morgan fingerprint density at radius 1 is 0.382 bits per heavy atom. The lowest BCUT2D eigenvalue weighted by Gasteiger charge is -2.13. The molecule has 0 amide bonds. The lowest BCUT2D eigenvalue weighted by molar-refractivity contribution is 0.670. The van der Waals surface area contributed by atoms with Crippen molar-refractivity contribution >= 4 is 76.6 Å². The van der Waals surface area contributed by atoms with Gasteiger partial charge in [-0.1, -0.05) is 127 Å². The second-order valence-electron chi connectivity index (χ2n) is 14.1. The summed E-state index contributed by atoms with van der Waals surface area (Å²) in [5, 5.41) is 7.44. The van der Waals surface area contributed by atoms with Crippen molar-refractivity contribution in [1.29, 1.82) is 0 Å². The van der Waals surface area contributed by atoms with E-state index in [1.807, 2.05) is 36.4 Å². The van der Waals surface area contributed by atoms with Crippen molar-refractivity contribution in [2.45, 2.75) is 0 Å². The molecule has 0 aliphatic carbocycles. The lowest BCUT2D eigenvalue weighted by Crippen LogP contribution is -2.03. The van der Waals surface area contributed by atoms with Gasteiger partial charge in [0.2, 0.25) is 5.95 Å². The van der Waals surface area contributed by atoms with Crippen molar-refractivity contribution in [3.63, 3.8) is 0 Å². The minimum Gasteiger partial charge on any atom is -0.455 e. The summed E-state index contributed by atoms with van der Waals surface area (Å²) in [4.78, 5) is 10.7. The molecular weight excluding hydrogens is 675 g/mol. The van der Waals surface area contributed by atoms with Gasteiger partial charge in [-0.15, -0.1) is 0 Å². The van der Waals surface area contributed by atoms with Crippen LogP contribution in [0.25, 0.3) is 116 Å². The van der Waals surface area contributed by atoms with Gasteiger partial charge in [0.1, 0.15) is 22.3 Å². The Morgan fingerprint density at radius 2 is 1.02 bits per heavy atom. The van der Waals surface area contributed by atoms with Crippen molar-refractivity contribution in [2.75, 3.05) is 0 Å². The highest BCUT2D eigenvalue weighted by Crippen LogP contribution is 2.43. The molecule has 0 spiro atoms. The number of fused-ring (bicyclic) bond motifs is 11. The Kier molecular flexibility index (Phi) is 6.27. The summed E-state index contributed by atoms with van der Waals surface area (Å²) < 4.78 is 15.4. The smallest absolute Gasteiger partial charge is 0.235 e. The minimum absolute atomic E-state index is 0.599. The van der Waals surface area contributed by atoms with E-state index in [1.165, 1.54) is 0 Å². The molecule has 55 heavy (non-hydrogen) atoms. The van der Waals surface area contributed by atoms with E-state index in [1.54, 1.807) is 0 Å². The maximum atomic E-state index is 6.72. The van der Waals surface area contributed by atoms with E-state index in [0.717, 1.165) is 110 Å². The molecular formula is C50H29N3O2. The van der Waals surface area contributed by atoms with Crippen LogP contribution in [-0.2, 0) is 0 Å². The Bertz CT molecular complexity index is 3500. The molecule has 256 valence electrons. The van der Waals surface area contributed by atoms with Gasteiger partial charge in [0.25, 0.3) is 0 Å². The van der Waals surface area contributed by atoms with E-state index in [4.69, 9.17) is 18.8 Å². The van der Waals surface area contributed by atoms with Gasteiger partial charge in [-0.2, -0.15) is 0 Å². The summed E-state index contributed by atoms with van der Waals surface area (Å²) in [5.74, 6) is 0.599. The fourth-order valence-corrected chi connectivity index (χ4v) is 8.50. The summed E-state index contributed by atoms with van der Waals surface area (Å²) in [5.41, 5.74) is 12.6. The topological polar surface area (TPSA) is 57.0 Å². The zero-order valence-electron chi connectivity index (χ0n) is 29.4. The molecule has 12 aromatic rings. The van der Waals surface area contributed by atoms with Crippen LogP contribution < -0.4 is 0 Å². The van der Waals surface area contributed by atoms with Gasteiger partial charge < -0.3 is 8.83 Å². The Balaban J connectivity index is 1.15. The second kappa shape index (κ2) is 11.5. The summed E-state index contributed by atoms with van der Waals surface area (Å²) in [6.45, 7) is 0. The van der Waals surface area contributed by atoms with Crippen LogP contribution in [0.4, 0.5) is 0 Å². The van der Waals surface area contributed by atoms with Crippen LogP contribution >= 0.6 is 0 Å². The third-order valence-corrected chi connectivity index (χ3v) is 11.0. The zero-order valence-corrected chi connectivity index (χ0v) is 29.4. The SMILES string of the molecule is c1ccc(-c2cccc(-c3nc(-n4c5ccc(-c6cccc7c6oc6ccccc67)cc5c5c6oc7ccccc7c6ccc54)nc4ccccc34)c2)cc1. The van der Waals surface area contributed by atoms with Crippen molar-refractivity contribution in [2.24, 2.45) is 0 Å². The van der Waals surface area contributed by atoms with Gasteiger partial charge in [0.15, 0.2) is 0 Å². The molecule has 0 bridgehead atoms. The molecule has 8 aromatic carbocycles. The predicted octanol–water partition coefficient (Wildman–Crippen LogP) is 13.5. The highest BCUT2D eigenvalue weighted by Gasteiger charge is 2.23. The fraction of sp³-hybridized carbons (Fsp3) is 0. The lowest BCUT2D eigenvalue weighted by atomic mass is 10.00. The molecule has 0 aliphatic rings. The maximum Gasteiger partial charge on any atom is 0.235 e. The zero-order chi connectivity index (χ0) is 36.0. The highest BCUT2D eigenvalue weighted by molar-refractivity contribution is 6.24. The van der Waals surface area contributed by atoms with Crippen LogP contribution in [0.5, 0.6) is 0 Å². The van der Waals surface area contributed by atoms with Gasteiger partial charge in [-0.3, -0.25) is 4.57 Å². The number of rotatable bonds is 4. The molecule has 0 fully saturated rings. The Labute approximate surface area is 314 Å². The summed E-state index contributed by atoms with van der Waals surface area (Å²) >= 11 is 0. The van der Waals surface area contributed by atoms with E-state index < -0.39 is 0 Å². The van der Waals surface area contributed by atoms with Gasteiger partial charge >= 0.3 is 0 Å². The van der Waals surface area contributed by atoms with Crippen molar-refractivity contribution < 1.29 is 8.83 Å². The largest absolute Gasteiger partial charge is 0.455 e. The fourth-order valence-electron chi connectivity index (χ4n) is 8.50. The van der Waals surface area contributed by atoms with Crippen LogP contribution in [0, 0.1) is 0 Å². The van der Waals surface area contributed by atoms with Crippen LogP contribution in [0.15, 0.2) is 185 Å². The third kappa shape index (κ3) is 4.47. The van der Waals surface area contributed by atoms with Crippen LogP contribution in [-0.4, -0.2) is 14.5 Å². The predicted molar refractivity (Wildman–Crippen MR) is 225 cm³/mol. The molecule has 0 saturated heterocycles. The minimum atomic E-state index is 0.599. The molecule has 12 rings (SSSR count). The first kappa shape index (κ1) is 30.0. The third-order valence-electron chi connectivity index (χ3n) is 11.0. The summed E-state index contributed by atoms with van der Waals surface area (Å²) in [6.07, 6.45) is 0. The van der Waals surface area contributed by atoms with E-state index in [0.29, 0.717) is 5.95 Å². The molecule has 0 N–H and O–H groups in total. The average Bonchev–Trinajstić information content (AvgIpc) is 3.93. The first-order chi connectivity index (χ1) is 27.3. The normalized spacial score (nSPS) is 12.0.